The summed E-state index contributed by atoms with van der Waals surface area (Å²) in [5.74, 6) is 5.72. The fraction of sp³-hybridized carbons (Fsp3) is 0.393. The maximum atomic E-state index is 12.9. The number of aryl methyl sites for hydroxylation is 2. The average Bonchev–Trinajstić information content (AvgIpc) is 3.41. The first kappa shape index (κ1) is 23.1. The summed E-state index contributed by atoms with van der Waals surface area (Å²) < 4.78 is 2.21. The maximum Gasteiger partial charge on any atom is 0.255 e. The molecule has 0 atom stereocenters. The Hall–Kier alpha value is -3.07. The molecule has 0 aliphatic heterocycles. The summed E-state index contributed by atoms with van der Waals surface area (Å²) in [6, 6.07) is 13.4. The van der Waals surface area contributed by atoms with Gasteiger partial charge in [0.15, 0.2) is 0 Å². The average molecular weight is 444 g/mol. The summed E-state index contributed by atoms with van der Waals surface area (Å²) in [7, 11) is 2.08. The van der Waals surface area contributed by atoms with Gasteiger partial charge in [-0.1, -0.05) is 38.7 Å². The van der Waals surface area contributed by atoms with E-state index in [9.17, 15) is 9.90 Å². The Bertz CT molecular complexity index is 1250. The van der Waals surface area contributed by atoms with E-state index in [1.54, 1.807) is 12.1 Å². The minimum atomic E-state index is -0.800. The van der Waals surface area contributed by atoms with Crippen LogP contribution < -0.4 is 10.6 Å². The molecule has 172 valence electrons. The number of carbonyl (C=O) groups is 1. The van der Waals surface area contributed by atoms with Gasteiger partial charge in [-0.2, -0.15) is 0 Å². The molecule has 1 aromatic heterocycles. The first-order valence-electron chi connectivity index (χ1n) is 11.5. The monoisotopic (exact) mass is 443 g/mol. The first-order chi connectivity index (χ1) is 15.5. The predicted molar refractivity (Wildman–Crippen MR) is 134 cm³/mol. The Labute approximate surface area is 196 Å². The normalized spacial score (nSPS) is 14.6. The molecule has 0 radical (unpaired) electrons. The third-order valence-electron chi connectivity index (χ3n) is 6.07. The second-order valence-electron chi connectivity index (χ2n) is 10.3. The number of fused-ring (bicyclic) bond motifs is 1. The summed E-state index contributed by atoms with van der Waals surface area (Å²) in [5, 5.41) is 17.6. The number of anilines is 1. The van der Waals surface area contributed by atoms with Crippen molar-refractivity contribution < 1.29 is 9.90 Å². The molecule has 0 spiro atoms. The van der Waals surface area contributed by atoms with E-state index in [-0.39, 0.29) is 11.3 Å². The molecule has 0 saturated heterocycles. The van der Waals surface area contributed by atoms with Crippen molar-refractivity contribution in [2.75, 3.05) is 11.9 Å². The van der Waals surface area contributed by atoms with Crippen molar-refractivity contribution in [1.29, 1.82) is 0 Å². The molecule has 1 fully saturated rings. The molecular weight excluding hydrogens is 410 g/mol. The molecule has 1 aliphatic carbocycles. The molecule has 5 nitrogen and oxygen atoms in total. The molecule has 1 heterocycles. The quantitative estimate of drug-likeness (QED) is 0.499. The van der Waals surface area contributed by atoms with E-state index < -0.39 is 5.60 Å². The topological polar surface area (TPSA) is 66.3 Å². The Morgan fingerprint density at radius 1 is 1.15 bits per heavy atom. The van der Waals surface area contributed by atoms with E-state index in [1.807, 2.05) is 25.1 Å². The van der Waals surface area contributed by atoms with Gasteiger partial charge >= 0.3 is 0 Å². The summed E-state index contributed by atoms with van der Waals surface area (Å²) in [4.78, 5) is 12.9. The summed E-state index contributed by atoms with van der Waals surface area (Å²) in [6.07, 6.45) is 1.47. The van der Waals surface area contributed by atoms with Gasteiger partial charge in [0.25, 0.3) is 5.91 Å². The molecule has 1 saturated carbocycles. The van der Waals surface area contributed by atoms with Gasteiger partial charge < -0.3 is 20.3 Å². The van der Waals surface area contributed by atoms with Crippen molar-refractivity contribution >= 4 is 22.5 Å². The van der Waals surface area contributed by atoms with E-state index in [0.29, 0.717) is 5.56 Å². The van der Waals surface area contributed by atoms with Gasteiger partial charge in [0.05, 0.1) is 5.52 Å². The number of rotatable bonds is 5. The number of benzene rings is 2. The van der Waals surface area contributed by atoms with Crippen LogP contribution in [0.15, 0.2) is 42.5 Å². The molecule has 4 rings (SSSR count). The highest BCUT2D eigenvalue weighted by molar-refractivity contribution is 6.06. The molecule has 33 heavy (non-hydrogen) atoms. The van der Waals surface area contributed by atoms with Gasteiger partial charge in [0.2, 0.25) is 0 Å². The Kier molecular flexibility index (Phi) is 6.09. The minimum Gasteiger partial charge on any atom is -0.378 e. The van der Waals surface area contributed by atoms with Crippen molar-refractivity contribution in [2.24, 2.45) is 12.5 Å². The van der Waals surface area contributed by atoms with Crippen LogP contribution in [-0.2, 0) is 13.6 Å². The third kappa shape index (κ3) is 5.47. The Morgan fingerprint density at radius 2 is 1.85 bits per heavy atom. The lowest BCUT2D eigenvalue weighted by Gasteiger charge is -2.19. The summed E-state index contributed by atoms with van der Waals surface area (Å²) in [6.45, 7) is 10.5. The van der Waals surface area contributed by atoms with Crippen LogP contribution in [0, 0.1) is 24.2 Å². The van der Waals surface area contributed by atoms with Gasteiger partial charge in [0, 0.05) is 48.0 Å². The van der Waals surface area contributed by atoms with Gasteiger partial charge in [-0.25, -0.2) is 0 Å². The fourth-order valence-corrected chi connectivity index (χ4v) is 3.90. The maximum absolute atomic E-state index is 12.9. The van der Waals surface area contributed by atoms with Gasteiger partial charge in [-0.05, 0) is 67.1 Å². The SMILES string of the molecule is Cc1c(NC(=O)c2ccc(C#CC3(O)CC3)cc2)ccc2cc(CNCC(C)(C)C)n(C)c12. The molecule has 2 aromatic carbocycles. The largest absolute Gasteiger partial charge is 0.378 e. The van der Waals surface area contributed by atoms with Crippen molar-refractivity contribution in [1.82, 2.24) is 9.88 Å². The lowest BCUT2D eigenvalue weighted by Crippen LogP contribution is -2.27. The van der Waals surface area contributed by atoms with Crippen LogP contribution in [0.3, 0.4) is 0 Å². The molecule has 1 aliphatic rings. The molecule has 0 bridgehead atoms. The number of aliphatic hydroxyl groups is 1. The smallest absolute Gasteiger partial charge is 0.255 e. The molecule has 3 aromatic rings. The number of hydrogen-bond donors (Lipinski definition) is 3. The van der Waals surface area contributed by atoms with E-state index >= 15 is 0 Å². The summed E-state index contributed by atoms with van der Waals surface area (Å²) >= 11 is 0. The number of hydrogen-bond acceptors (Lipinski definition) is 3. The molecular formula is C28H33N3O2. The van der Waals surface area contributed by atoms with Crippen LogP contribution in [-0.4, -0.2) is 27.7 Å². The van der Waals surface area contributed by atoms with Crippen LogP contribution in [0.2, 0.25) is 0 Å². The van der Waals surface area contributed by atoms with Gasteiger partial charge in [-0.15, -0.1) is 0 Å². The lowest BCUT2D eigenvalue weighted by atomic mass is 9.97. The highest BCUT2D eigenvalue weighted by atomic mass is 16.3. The van der Waals surface area contributed by atoms with Gasteiger partial charge in [0.1, 0.15) is 5.60 Å². The number of aromatic nitrogens is 1. The molecule has 0 unspecified atom stereocenters. The van der Waals surface area contributed by atoms with Crippen LogP contribution >= 0.6 is 0 Å². The van der Waals surface area contributed by atoms with Gasteiger partial charge in [-0.3, -0.25) is 4.79 Å². The number of amides is 1. The Morgan fingerprint density at radius 3 is 2.48 bits per heavy atom. The standard InChI is InChI=1S/C28H33N3O2/c1-19-24(11-10-22-16-23(31(5)25(19)22)17-29-18-27(2,3)4)30-26(32)21-8-6-20(7-9-21)12-13-28(33)14-15-28/h6-11,16,29,33H,14-15,17-18H2,1-5H3,(H,30,32). The molecule has 5 heteroatoms. The number of carbonyl (C=O) groups excluding carboxylic acids is 1. The molecule has 1 amide bonds. The van der Waals surface area contributed by atoms with Crippen molar-refractivity contribution in [2.45, 2.75) is 52.7 Å². The lowest BCUT2D eigenvalue weighted by molar-refractivity contribution is 0.102. The number of nitrogens with one attached hydrogen (secondary N) is 2. The zero-order valence-electron chi connectivity index (χ0n) is 20.2. The van der Waals surface area contributed by atoms with Crippen LogP contribution in [0.4, 0.5) is 5.69 Å². The number of nitrogens with zero attached hydrogens (tertiary/aromatic N) is 1. The van der Waals surface area contributed by atoms with E-state index in [1.165, 1.54) is 11.1 Å². The zero-order chi connectivity index (χ0) is 23.8. The van der Waals surface area contributed by atoms with Crippen LogP contribution in [0.5, 0.6) is 0 Å². The van der Waals surface area contributed by atoms with Crippen molar-refractivity contribution in [3.63, 3.8) is 0 Å². The summed E-state index contributed by atoms with van der Waals surface area (Å²) in [5.41, 5.74) is 5.00. The van der Waals surface area contributed by atoms with E-state index in [0.717, 1.165) is 48.3 Å². The van der Waals surface area contributed by atoms with E-state index in [2.05, 4.69) is 67.0 Å². The zero-order valence-corrected chi connectivity index (χ0v) is 20.2. The Balaban J connectivity index is 1.48. The highest BCUT2D eigenvalue weighted by Gasteiger charge is 2.38. The first-order valence-corrected chi connectivity index (χ1v) is 11.5. The van der Waals surface area contributed by atoms with E-state index in [4.69, 9.17) is 0 Å². The van der Waals surface area contributed by atoms with Crippen molar-refractivity contribution in [3.8, 4) is 11.8 Å². The molecule has 3 N–H and O–H groups in total. The van der Waals surface area contributed by atoms with Crippen LogP contribution in [0.1, 0.15) is 60.8 Å². The van der Waals surface area contributed by atoms with Crippen molar-refractivity contribution in [3.05, 3.63) is 64.8 Å². The van der Waals surface area contributed by atoms with Crippen LogP contribution in [0.25, 0.3) is 10.9 Å². The second kappa shape index (κ2) is 8.70. The minimum absolute atomic E-state index is 0.154. The fourth-order valence-electron chi connectivity index (χ4n) is 3.90. The second-order valence-corrected chi connectivity index (χ2v) is 10.3. The predicted octanol–water partition coefficient (Wildman–Crippen LogP) is 4.75. The third-order valence-corrected chi connectivity index (χ3v) is 6.07. The highest BCUT2D eigenvalue weighted by Crippen LogP contribution is 2.34.